The lowest BCUT2D eigenvalue weighted by Gasteiger charge is -2.33. The van der Waals surface area contributed by atoms with Crippen LogP contribution in [0.15, 0.2) is 97.6 Å². The minimum Gasteiger partial charge on any atom is -0.488 e. The maximum atomic E-state index is 13.0. The number of aliphatic carboxylic acids is 1. The van der Waals surface area contributed by atoms with E-state index in [2.05, 4.69) is 46.5 Å². The number of halogens is 4. The van der Waals surface area contributed by atoms with Crippen LogP contribution in [0.5, 0.6) is 23.0 Å². The van der Waals surface area contributed by atoms with E-state index >= 15 is 0 Å². The highest BCUT2D eigenvalue weighted by atomic mass is 35.5. The Hall–Kier alpha value is -6.62. The van der Waals surface area contributed by atoms with E-state index in [1.165, 1.54) is 12.4 Å². The van der Waals surface area contributed by atoms with Crippen LogP contribution in [0, 0.1) is 36.5 Å². The number of benzene rings is 4. The maximum Gasteiger partial charge on any atom is 0.323 e. The summed E-state index contributed by atoms with van der Waals surface area (Å²) in [7, 11) is 0. The van der Waals surface area contributed by atoms with E-state index in [0.717, 1.165) is 71.2 Å². The minimum absolute atomic E-state index is 0. The molecule has 2 atom stereocenters. The molecule has 2 N–H and O–H groups in total. The summed E-state index contributed by atoms with van der Waals surface area (Å²) in [6.07, 6.45) is 11.2. The molecule has 18 heteroatoms. The van der Waals surface area contributed by atoms with E-state index in [9.17, 15) is 25.2 Å². The number of carbonyl (C=O) groups is 2. The average molecular weight is 1080 g/mol. The van der Waals surface area contributed by atoms with Crippen LogP contribution >= 0.6 is 48.0 Å². The zero-order valence-corrected chi connectivity index (χ0v) is 44.1. The lowest BCUT2D eigenvalue weighted by atomic mass is 9.92. The van der Waals surface area contributed by atoms with Crippen LogP contribution in [-0.2, 0) is 53.9 Å². The number of carboxylic acid groups (broad SMARTS) is 1. The lowest BCUT2D eigenvalue weighted by molar-refractivity contribution is -0.148. The standard InChI is InChI=1S/C56H54Cl2N6O8.2ClH/c1-35-41(32-70-53-21-51(68-30-39-17-37(23-59)25-61-27-39)43(19-47(53)57)29-64-16-6-4-14-50(64)55(65)66)9-7-11-45(35)46-12-8-10-42(36(46)2)33-71-54-22-52(69-31-40-18-38(24-60)26-62-28-40)44(20-48(54)58)34-72-56(67)49-13-3-5-15-63-49;;/h7-12,17-22,25-28,49-50,63H,3-6,13-16,29-34H2,1-2H3,(H,65,66);2*1H/t49?,50-;;/m0../s1. The van der Waals surface area contributed by atoms with Gasteiger partial charge in [-0.15, -0.1) is 24.8 Å². The van der Waals surface area contributed by atoms with Crippen molar-refractivity contribution in [2.24, 2.45) is 0 Å². The van der Waals surface area contributed by atoms with Gasteiger partial charge in [-0.3, -0.25) is 24.5 Å². The van der Waals surface area contributed by atoms with E-state index in [4.69, 9.17) is 46.9 Å². The van der Waals surface area contributed by atoms with Crippen LogP contribution in [-0.4, -0.2) is 57.1 Å². The summed E-state index contributed by atoms with van der Waals surface area (Å²) >= 11 is 13.8. The second-order valence-electron chi connectivity index (χ2n) is 17.9. The van der Waals surface area contributed by atoms with E-state index in [1.807, 2.05) is 36.1 Å². The zero-order valence-electron chi connectivity index (χ0n) is 40.9. The molecule has 6 aromatic rings. The number of nitrogens with one attached hydrogen (secondary N) is 1. The van der Waals surface area contributed by atoms with Gasteiger partial charge >= 0.3 is 11.9 Å². The molecule has 74 heavy (non-hydrogen) atoms. The average Bonchev–Trinajstić information content (AvgIpc) is 3.40. The van der Waals surface area contributed by atoms with Gasteiger partial charge in [0.2, 0.25) is 0 Å². The van der Waals surface area contributed by atoms with E-state index in [0.29, 0.717) is 86.8 Å². The molecule has 386 valence electrons. The number of pyridine rings is 2. The zero-order chi connectivity index (χ0) is 50.6. The van der Waals surface area contributed by atoms with Crippen LogP contribution in [0.3, 0.4) is 0 Å². The third-order valence-electron chi connectivity index (χ3n) is 13.1. The van der Waals surface area contributed by atoms with Crippen LogP contribution in [0.1, 0.15) is 94.2 Å². The lowest BCUT2D eigenvalue weighted by Crippen LogP contribution is -2.44. The molecule has 0 aliphatic carbocycles. The highest BCUT2D eigenvalue weighted by Crippen LogP contribution is 2.38. The number of hydrogen-bond donors (Lipinski definition) is 2. The molecule has 0 bridgehead atoms. The second-order valence-corrected chi connectivity index (χ2v) is 18.7. The second kappa shape index (κ2) is 27.1. The highest BCUT2D eigenvalue weighted by molar-refractivity contribution is 6.32. The Kier molecular flexibility index (Phi) is 20.7. The van der Waals surface area contributed by atoms with Crippen molar-refractivity contribution in [3.8, 4) is 46.3 Å². The Labute approximate surface area is 453 Å². The molecule has 0 saturated carbocycles. The fourth-order valence-corrected chi connectivity index (χ4v) is 9.49. The van der Waals surface area contributed by atoms with Gasteiger partial charge in [-0.2, -0.15) is 10.5 Å². The van der Waals surface area contributed by atoms with E-state index in [-0.39, 0.29) is 69.9 Å². The molecule has 0 spiro atoms. The molecule has 2 aromatic heterocycles. The Morgan fingerprint density at radius 3 is 1.72 bits per heavy atom. The molecule has 4 aromatic carbocycles. The summed E-state index contributed by atoms with van der Waals surface area (Å²) in [6, 6.07) is 25.7. The summed E-state index contributed by atoms with van der Waals surface area (Å²) < 4.78 is 31.2. The molecule has 4 heterocycles. The molecule has 0 amide bonds. The van der Waals surface area contributed by atoms with Gasteiger partial charge in [-0.05, 0) is 110 Å². The molecule has 0 radical (unpaired) electrons. The quantitative estimate of drug-likeness (QED) is 0.0729. The number of aromatic nitrogens is 2. The number of nitriles is 2. The van der Waals surface area contributed by atoms with Gasteiger partial charge in [0.25, 0.3) is 0 Å². The van der Waals surface area contributed by atoms with Gasteiger partial charge < -0.3 is 34.1 Å². The third kappa shape index (κ3) is 14.4. The normalized spacial score (nSPS) is 15.3. The van der Waals surface area contributed by atoms with Crippen LogP contribution in [0.25, 0.3) is 11.1 Å². The van der Waals surface area contributed by atoms with Crippen LogP contribution < -0.4 is 24.3 Å². The number of ether oxygens (including phenoxy) is 5. The van der Waals surface area contributed by atoms with Crippen LogP contribution in [0.4, 0.5) is 0 Å². The third-order valence-corrected chi connectivity index (χ3v) is 13.6. The molecule has 1 unspecified atom stereocenters. The van der Waals surface area contributed by atoms with Crippen molar-refractivity contribution >= 4 is 60.0 Å². The first-order valence-corrected chi connectivity index (χ1v) is 24.6. The van der Waals surface area contributed by atoms with Crippen molar-refractivity contribution in [3.05, 3.63) is 163 Å². The number of carboxylic acids is 1. The van der Waals surface area contributed by atoms with Crippen molar-refractivity contribution in [3.63, 3.8) is 0 Å². The molecule has 2 saturated heterocycles. The van der Waals surface area contributed by atoms with Gasteiger partial charge in [0.05, 0.1) is 21.2 Å². The molecule has 8 rings (SSSR count). The summed E-state index contributed by atoms with van der Waals surface area (Å²) in [4.78, 5) is 35.4. The smallest absolute Gasteiger partial charge is 0.323 e. The number of piperidine rings is 2. The fraction of sp³-hybridized carbons (Fsp3) is 0.321. The van der Waals surface area contributed by atoms with Crippen molar-refractivity contribution in [1.29, 1.82) is 10.5 Å². The monoisotopic (exact) mass is 1080 g/mol. The Balaban J connectivity index is 0.00000446. The highest BCUT2D eigenvalue weighted by Gasteiger charge is 2.30. The van der Waals surface area contributed by atoms with Crippen LogP contribution in [0.2, 0.25) is 10.0 Å². The summed E-state index contributed by atoms with van der Waals surface area (Å²) in [5, 5.41) is 32.7. The predicted octanol–water partition coefficient (Wildman–Crippen LogP) is 11.6. The maximum absolute atomic E-state index is 13.0. The van der Waals surface area contributed by atoms with Crippen molar-refractivity contribution in [1.82, 2.24) is 20.2 Å². The first-order valence-electron chi connectivity index (χ1n) is 23.9. The van der Waals surface area contributed by atoms with Gasteiger partial charge in [0.15, 0.2) is 0 Å². The first kappa shape index (κ1) is 56.7. The van der Waals surface area contributed by atoms with Crippen molar-refractivity contribution in [2.45, 2.75) is 104 Å². The molecule has 2 fully saturated rings. The van der Waals surface area contributed by atoms with E-state index < -0.39 is 12.0 Å². The number of hydrogen-bond acceptors (Lipinski definition) is 13. The van der Waals surface area contributed by atoms with Crippen molar-refractivity contribution in [2.75, 3.05) is 13.1 Å². The molecular formula is C56H56Cl4N6O8. The Morgan fingerprint density at radius 1 is 0.662 bits per heavy atom. The van der Waals surface area contributed by atoms with Crippen molar-refractivity contribution < 1.29 is 38.4 Å². The number of nitrogens with zero attached hydrogens (tertiary/aromatic N) is 5. The molecule has 14 nitrogen and oxygen atoms in total. The number of rotatable bonds is 19. The predicted molar refractivity (Wildman–Crippen MR) is 285 cm³/mol. The minimum atomic E-state index is -0.858. The molecule has 2 aliphatic rings. The summed E-state index contributed by atoms with van der Waals surface area (Å²) in [5.41, 5.74) is 9.38. The SMILES string of the molecule is Cc1c(COc2cc(OCc3cncc(C#N)c3)c(COC(=O)C3CCCCN3)cc2Cl)cccc1-c1cccc(COc2cc(OCc3cncc(C#N)c3)c(CN3CCCC[C@H]3C(=O)O)cc2Cl)c1C.Cl.Cl. The number of carbonyl (C=O) groups excluding carboxylic acids is 1. The largest absolute Gasteiger partial charge is 0.488 e. The molecule has 2 aliphatic heterocycles. The van der Waals surface area contributed by atoms with Gasteiger partial charge in [-0.25, -0.2) is 0 Å². The fourth-order valence-electron chi connectivity index (χ4n) is 9.01. The van der Waals surface area contributed by atoms with Gasteiger partial charge in [0.1, 0.15) is 80.3 Å². The molecular weight excluding hydrogens is 1030 g/mol. The summed E-state index contributed by atoms with van der Waals surface area (Å²) in [6.45, 7) is 6.34. The number of esters is 1. The van der Waals surface area contributed by atoms with E-state index in [1.54, 1.807) is 48.8 Å². The Morgan fingerprint density at radius 2 is 1.19 bits per heavy atom. The topological polar surface area (TPSA) is 189 Å². The van der Waals surface area contributed by atoms with Gasteiger partial charge in [0, 0.05) is 65.7 Å². The van der Waals surface area contributed by atoms with Gasteiger partial charge in [-0.1, -0.05) is 72.4 Å². The number of likely N-dealkylation sites (tertiary alicyclic amines) is 1. The first-order chi connectivity index (χ1) is 35.0. The Bertz CT molecular complexity index is 3030. The summed E-state index contributed by atoms with van der Waals surface area (Å²) in [5.74, 6) is 0.480.